The van der Waals surface area contributed by atoms with Gasteiger partial charge in [0, 0.05) is 29.4 Å². The van der Waals surface area contributed by atoms with Crippen molar-refractivity contribution in [3.8, 4) is 17.2 Å². The molecule has 0 unspecified atom stereocenters. The lowest BCUT2D eigenvalue weighted by molar-refractivity contribution is -0.125. The Labute approximate surface area is 224 Å². The fourth-order valence-electron chi connectivity index (χ4n) is 3.72. The van der Waals surface area contributed by atoms with Crippen LogP contribution in [0, 0.1) is 0 Å². The van der Waals surface area contributed by atoms with E-state index in [2.05, 4.69) is 10.6 Å². The van der Waals surface area contributed by atoms with Crippen molar-refractivity contribution in [1.82, 2.24) is 0 Å². The maximum Gasteiger partial charge on any atom is 0.341 e. The van der Waals surface area contributed by atoms with Crippen molar-refractivity contribution >= 4 is 29.2 Å². The van der Waals surface area contributed by atoms with E-state index in [9.17, 15) is 14.4 Å². The standard InChI is InChI=1S/C29H26N2O8/c1-35-20-12-7-11-19(15-20)30-28(33)26(18-9-5-4-6-10-18)39-29(34)21-16-24(36-2)25(37-3)17-22(21)31-27(32)23-13-8-14-38-23/h4-17,26H,1-3H3,(H,30,33)(H,31,32)/t26-/m0/s1. The van der Waals surface area contributed by atoms with Crippen LogP contribution in [0.4, 0.5) is 11.4 Å². The van der Waals surface area contributed by atoms with Crippen LogP contribution in [-0.2, 0) is 9.53 Å². The van der Waals surface area contributed by atoms with Crippen LogP contribution in [0.5, 0.6) is 17.2 Å². The second kappa shape index (κ2) is 12.3. The first-order valence-corrected chi connectivity index (χ1v) is 11.7. The van der Waals surface area contributed by atoms with Gasteiger partial charge in [0.1, 0.15) is 5.75 Å². The molecular weight excluding hydrogens is 504 g/mol. The number of anilines is 2. The molecule has 2 amide bonds. The quantitative estimate of drug-likeness (QED) is 0.272. The number of carbonyl (C=O) groups is 3. The Balaban J connectivity index is 1.67. The molecule has 1 atom stereocenters. The van der Waals surface area contributed by atoms with Gasteiger partial charge in [-0.1, -0.05) is 36.4 Å². The molecule has 200 valence electrons. The first kappa shape index (κ1) is 26.8. The first-order chi connectivity index (χ1) is 18.9. The van der Waals surface area contributed by atoms with Gasteiger partial charge < -0.3 is 34.0 Å². The molecule has 10 heteroatoms. The molecule has 0 aliphatic rings. The lowest BCUT2D eigenvalue weighted by Crippen LogP contribution is -2.26. The molecular formula is C29H26N2O8. The summed E-state index contributed by atoms with van der Waals surface area (Å²) in [5.74, 6) is -1.02. The number of hydrogen-bond donors (Lipinski definition) is 2. The van der Waals surface area contributed by atoms with Crippen LogP contribution in [0.25, 0.3) is 0 Å². The number of hydrogen-bond acceptors (Lipinski definition) is 8. The van der Waals surface area contributed by atoms with Crippen LogP contribution in [0.15, 0.2) is 89.5 Å². The second-order valence-corrected chi connectivity index (χ2v) is 8.10. The van der Waals surface area contributed by atoms with Crippen LogP contribution < -0.4 is 24.8 Å². The Bertz CT molecular complexity index is 1450. The smallest absolute Gasteiger partial charge is 0.341 e. The largest absolute Gasteiger partial charge is 0.497 e. The molecule has 0 aliphatic carbocycles. The van der Waals surface area contributed by atoms with Gasteiger partial charge in [-0.15, -0.1) is 0 Å². The highest BCUT2D eigenvalue weighted by atomic mass is 16.5. The van der Waals surface area contributed by atoms with Crippen molar-refractivity contribution in [2.24, 2.45) is 0 Å². The number of methoxy groups -OCH3 is 3. The highest BCUT2D eigenvalue weighted by Crippen LogP contribution is 2.35. The Morgan fingerprint density at radius 2 is 1.51 bits per heavy atom. The molecule has 4 rings (SSSR count). The third-order valence-electron chi connectivity index (χ3n) is 5.64. The van der Waals surface area contributed by atoms with Gasteiger partial charge in [-0.25, -0.2) is 4.79 Å². The summed E-state index contributed by atoms with van der Waals surface area (Å²) in [6.45, 7) is 0. The molecule has 10 nitrogen and oxygen atoms in total. The molecule has 1 aromatic heterocycles. The highest BCUT2D eigenvalue weighted by Gasteiger charge is 2.29. The average Bonchev–Trinajstić information content (AvgIpc) is 3.51. The Morgan fingerprint density at radius 3 is 2.18 bits per heavy atom. The maximum atomic E-state index is 13.5. The predicted molar refractivity (Wildman–Crippen MR) is 142 cm³/mol. The molecule has 3 aromatic carbocycles. The van der Waals surface area contributed by atoms with E-state index in [1.54, 1.807) is 60.7 Å². The zero-order valence-corrected chi connectivity index (χ0v) is 21.4. The summed E-state index contributed by atoms with van der Waals surface area (Å²) in [4.78, 5) is 39.6. The number of amides is 2. The minimum absolute atomic E-state index is 0.0314. The molecule has 4 aromatic rings. The molecule has 1 heterocycles. The van der Waals surface area contributed by atoms with Gasteiger partial charge in [0.25, 0.3) is 11.8 Å². The van der Waals surface area contributed by atoms with Gasteiger partial charge in [0.2, 0.25) is 6.10 Å². The van der Waals surface area contributed by atoms with Crippen LogP contribution in [-0.4, -0.2) is 39.1 Å². The molecule has 0 spiro atoms. The molecule has 2 N–H and O–H groups in total. The van der Waals surface area contributed by atoms with E-state index in [-0.39, 0.29) is 28.5 Å². The van der Waals surface area contributed by atoms with Crippen LogP contribution in [0.1, 0.15) is 32.6 Å². The number of benzene rings is 3. The lowest BCUT2D eigenvalue weighted by atomic mass is 10.1. The third kappa shape index (κ3) is 6.37. The maximum absolute atomic E-state index is 13.5. The Morgan fingerprint density at radius 1 is 0.769 bits per heavy atom. The van der Waals surface area contributed by atoms with E-state index in [4.69, 9.17) is 23.4 Å². The van der Waals surface area contributed by atoms with E-state index in [1.165, 1.54) is 45.8 Å². The molecule has 39 heavy (non-hydrogen) atoms. The Hall–Kier alpha value is -5.25. The monoisotopic (exact) mass is 530 g/mol. The van der Waals surface area contributed by atoms with Gasteiger partial charge in [-0.05, 0) is 24.3 Å². The van der Waals surface area contributed by atoms with E-state index in [0.717, 1.165) is 0 Å². The van der Waals surface area contributed by atoms with E-state index in [1.807, 2.05) is 0 Å². The third-order valence-corrected chi connectivity index (χ3v) is 5.64. The number of rotatable bonds is 10. The summed E-state index contributed by atoms with van der Waals surface area (Å²) >= 11 is 0. The fraction of sp³-hybridized carbons (Fsp3) is 0.138. The SMILES string of the molecule is COc1cccc(NC(=O)[C@@H](OC(=O)c2cc(OC)c(OC)cc2NC(=O)c2ccco2)c2ccccc2)c1. The van der Waals surface area contributed by atoms with Gasteiger partial charge in [0.05, 0.1) is 38.8 Å². The average molecular weight is 531 g/mol. The van der Waals surface area contributed by atoms with Crippen molar-refractivity contribution in [3.05, 3.63) is 102 Å². The zero-order valence-electron chi connectivity index (χ0n) is 21.4. The fourth-order valence-corrected chi connectivity index (χ4v) is 3.72. The van der Waals surface area contributed by atoms with Crippen molar-refractivity contribution in [3.63, 3.8) is 0 Å². The van der Waals surface area contributed by atoms with Gasteiger partial charge in [-0.3, -0.25) is 9.59 Å². The van der Waals surface area contributed by atoms with Crippen molar-refractivity contribution in [1.29, 1.82) is 0 Å². The van der Waals surface area contributed by atoms with Crippen LogP contribution >= 0.6 is 0 Å². The lowest BCUT2D eigenvalue weighted by Gasteiger charge is -2.20. The molecule has 0 radical (unpaired) electrons. The molecule has 0 aliphatic heterocycles. The van der Waals surface area contributed by atoms with E-state index in [0.29, 0.717) is 17.0 Å². The summed E-state index contributed by atoms with van der Waals surface area (Å²) in [5.41, 5.74) is 0.892. The normalized spacial score (nSPS) is 11.2. The molecule has 0 saturated heterocycles. The minimum Gasteiger partial charge on any atom is -0.497 e. The van der Waals surface area contributed by atoms with E-state index < -0.39 is 23.9 Å². The Kier molecular flexibility index (Phi) is 8.47. The number of esters is 1. The summed E-state index contributed by atoms with van der Waals surface area (Å²) in [6.07, 6.45) is 0.0241. The molecule has 0 fully saturated rings. The number of furan rings is 1. The predicted octanol–water partition coefficient (Wildman–Crippen LogP) is 5.09. The summed E-state index contributed by atoms with van der Waals surface area (Å²) in [5, 5.41) is 5.39. The van der Waals surface area contributed by atoms with Crippen LogP contribution in [0.2, 0.25) is 0 Å². The number of nitrogens with one attached hydrogen (secondary N) is 2. The van der Waals surface area contributed by atoms with Gasteiger partial charge in [0.15, 0.2) is 17.3 Å². The van der Waals surface area contributed by atoms with Gasteiger partial charge >= 0.3 is 5.97 Å². The van der Waals surface area contributed by atoms with Crippen molar-refractivity contribution < 1.29 is 37.7 Å². The van der Waals surface area contributed by atoms with Crippen LogP contribution in [0.3, 0.4) is 0 Å². The minimum atomic E-state index is -1.33. The molecule has 0 bridgehead atoms. The first-order valence-electron chi connectivity index (χ1n) is 11.7. The van der Waals surface area contributed by atoms with Gasteiger partial charge in [-0.2, -0.15) is 0 Å². The summed E-state index contributed by atoms with van der Waals surface area (Å²) in [6, 6.07) is 21.1. The van der Waals surface area contributed by atoms with Crippen molar-refractivity contribution in [2.75, 3.05) is 32.0 Å². The second-order valence-electron chi connectivity index (χ2n) is 8.10. The number of ether oxygens (including phenoxy) is 4. The zero-order chi connectivity index (χ0) is 27.8. The summed E-state index contributed by atoms with van der Waals surface area (Å²) < 4.78 is 26.8. The van der Waals surface area contributed by atoms with E-state index >= 15 is 0 Å². The topological polar surface area (TPSA) is 125 Å². The summed E-state index contributed by atoms with van der Waals surface area (Å²) in [7, 11) is 4.34. The van der Waals surface area contributed by atoms with Crippen molar-refractivity contribution in [2.45, 2.75) is 6.10 Å². The highest BCUT2D eigenvalue weighted by molar-refractivity contribution is 6.08. The number of carbonyl (C=O) groups excluding carboxylic acids is 3. The molecule has 0 saturated carbocycles.